The molecule has 0 bridgehead atoms. The van der Waals surface area contributed by atoms with Gasteiger partial charge in [0.25, 0.3) is 0 Å². The second kappa shape index (κ2) is 10.7. The molecule has 0 amide bonds. The van der Waals surface area contributed by atoms with Crippen molar-refractivity contribution < 1.29 is 4.79 Å². The number of carbonyl (C=O) groups excluding carboxylic acids is 1. The molecule has 2 aromatic carbocycles. The Morgan fingerprint density at radius 2 is 1.92 bits per heavy atom. The Bertz CT molecular complexity index is 1440. The van der Waals surface area contributed by atoms with Gasteiger partial charge in [0.2, 0.25) is 0 Å². The van der Waals surface area contributed by atoms with Crippen LogP contribution in [0.2, 0.25) is 0 Å². The molecule has 37 heavy (non-hydrogen) atoms. The molecular weight excluding hydrogens is 476 g/mol. The van der Waals surface area contributed by atoms with Gasteiger partial charge in [-0.3, -0.25) is 14.7 Å². The molecule has 6 heteroatoms. The molecule has 2 aliphatic rings. The number of aromatic nitrogens is 1. The number of carbonyl (C=O) groups is 1. The molecule has 2 N–H and O–H groups in total. The molecule has 1 aromatic heterocycles. The van der Waals surface area contributed by atoms with Crippen molar-refractivity contribution in [1.29, 1.82) is 5.26 Å². The Morgan fingerprint density at radius 3 is 2.65 bits per heavy atom. The largest absolute Gasteiger partial charge is 0.384 e. The molecule has 0 saturated heterocycles. The van der Waals surface area contributed by atoms with Gasteiger partial charge in [-0.05, 0) is 61.1 Å². The van der Waals surface area contributed by atoms with Crippen molar-refractivity contribution >= 4 is 23.2 Å². The van der Waals surface area contributed by atoms with Crippen LogP contribution >= 0.6 is 11.8 Å². The van der Waals surface area contributed by atoms with Gasteiger partial charge in [-0.2, -0.15) is 17.0 Å². The zero-order valence-corrected chi connectivity index (χ0v) is 22.0. The number of benzene rings is 2. The highest BCUT2D eigenvalue weighted by atomic mass is 32.2. The predicted octanol–water partition coefficient (Wildman–Crippen LogP) is 6.44. The summed E-state index contributed by atoms with van der Waals surface area (Å²) in [6, 6.07) is 21.0. The summed E-state index contributed by atoms with van der Waals surface area (Å²) in [5.74, 6) is 1.80. The van der Waals surface area contributed by atoms with E-state index in [1.165, 1.54) is 11.1 Å². The SMILES string of the molecule is Cc1cc(CSCc2ccccc2)c(C)c(C2C(C#N)=C(N)N(c3cccnc3)C3=C2C(=O)CCC3)c1. The average Bonchev–Trinajstić information content (AvgIpc) is 2.91. The molecule has 1 unspecified atom stereocenters. The summed E-state index contributed by atoms with van der Waals surface area (Å²) >= 11 is 1.87. The van der Waals surface area contributed by atoms with Crippen LogP contribution in [0.1, 0.15) is 53.0 Å². The van der Waals surface area contributed by atoms with Gasteiger partial charge in [0.1, 0.15) is 5.82 Å². The van der Waals surface area contributed by atoms with Crippen molar-refractivity contribution in [2.45, 2.75) is 50.5 Å². The van der Waals surface area contributed by atoms with Crippen molar-refractivity contribution in [1.82, 2.24) is 4.98 Å². The number of pyridine rings is 1. The van der Waals surface area contributed by atoms with E-state index in [2.05, 4.69) is 61.3 Å². The minimum atomic E-state index is -0.460. The fourth-order valence-corrected chi connectivity index (χ4v) is 6.49. The molecule has 2 heterocycles. The van der Waals surface area contributed by atoms with Crippen LogP contribution in [-0.4, -0.2) is 10.8 Å². The quantitative estimate of drug-likeness (QED) is 0.414. The zero-order valence-electron chi connectivity index (χ0n) is 21.2. The van der Waals surface area contributed by atoms with Gasteiger partial charge in [-0.1, -0.05) is 48.0 Å². The van der Waals surface area contributed by atoms with E-state index in [1.54, 1.807) is 12.4 Å². The molecule has 0 radical (unpaired) electrons. The van der Waals surface area contributed by atoms with Crippen molar-refractivity contribution in [2.75, 3.05) is 4.90 Å². The fourth-order valence-electron chi connectivity index (χ4n) is 5.44. The third-order valence-electron chi connectivity index (χ3n) is 7.20. The number of rotatable bonds is 6. The summed E-state index contributed by atoms with van der Waals surface area (Å²) in [4.78, 5) is 19.6. The van der Waals surface area contributed by atoms with Crippen LogP contribution in [-0.2, 0) is 16.3 Å². The number of allylic oxidation sites excluding steroid dienone is 3. The summed E-state index contributed by atoms with van der Waals surface area (Å²) in [7, 11) is 0. The number of anilines is 1. The fraction of sp³-hybridized carbons (Fsp3) is 0.258. The van der Waals surface area contributed by atoms with E-state index in [1.807, 2.05) is 34.9 Å². The number of aryl methyl sites for hydroxylation is 1. The van der Waals surface area contributed by atoms with E-state index in [-0.39, 0.29) is 5.78 Å². The van der Waals surface area contributed by atoms with Crippen LogP contribution in [0.25, 0.3) is 0 Å². The molecule has 0 saturated carbocycles. The average molecular weight is 507 g/mol. The highest BCUT2D eigenvalue weighted by molar-refractivity contribution is 7.97. The van der Waals surface area contributed by atoms with E-state index in [9.17, 15) is 10.1 Å². The molecule has 1 atom stereocenters. The van der Waals surface area contributed by atoms with E-state index in [0.717, 1.165) is 52.4 Å². The van der Waals surface area contributed by atoms with Gasteiger partial charge in [0.05, 0.1) is 29.4 Å². The third kappa shape index (κ3) is 4.80. The molecule has 186 valence electrons. The number of nitrogens with zero attached hydrogens (tertiary/aromatic N) is 3. The summed E-state index contributed by atoms with van der Waals surface area (Å²) in [6.45, 7) is 4.19. The van der Waals surface area contributed by atoms with Crippen molar-refractivity contribution in [2.24, 2.45) is 5.73 Å². The van der Waals surface area contributed by atoms with Gasteiger partial charge in [0.15, 0.2) is 5.78 Å². The minimum Gasteiger partial charge on any atom is -0.384 e. The number of ketones is 1. The Hall–Kier alpha value is -3.82. The molecule has 0 spiro atoms. The lowest BCUT2D eigenvalue weighted by Gasteiger charge is -2.40. The van der Waals surface area contributed by atoms with Gasteiger partial charge >= 0.3 is 0 Å². The van der Waals surface area contributed by atoms with E-state index < -0.39 is 5.92 Å². The van der Waals surface area contributed by atoms with Crippen LogP contribution in [0.4, 0.5) is 5.69 Å². The molecule has 1 aliphatic carbocycles. The van der Waals surface area contributed by atoms with Crippen LogP contribution in [0, 0.1) is 25.2 Å². The number of hydrogen-bond donors (Lipinski definition) is 1. The summed E-state index contributed by atoms with van der Waals surface area (Å²) < 4.78 is 0. The Morgan fingerprint density at radius 1 is 1.11 bits per heavy atom. The van der Waals surface area contributed by atoms with Crippen molar-refractivity contribution in [3.8, 4) is 6.07 Å². The third-order valence-corrected chi connectivity index (χ3v) is 8.25. The van der Waals surface area contributed by atoms with Crippen molar-refractivity contribution in [3.63, 3.8) is 0 Å². The first-order valence-corrected chi connectivity index (χ1v) is 13.7. The Balaban J connectivity index is 1.58. The highest BCUT2D eigenvalue weighted by Gasteiger charge is 2.41. The Labute approximate surface area is 222 Å². The van der Waals surface area contributed by atoms with Gasteiger partial charge < -0.3 is 5.73 Å². The van der Waals surface area contributed by atoms with Gasteiger partial charge in [0, 0.05) is 35.4 Å². The lowest BCUT2D eigenvalue weighted by Crippen LogP contribution is -2.39. The smallest absolute Gasteiger partial charge is 0.161 e. The number of hydrogen-bond acceptors (Lipinski definition) is 6. The predicted molar refractivity (Wildman–Crippen MR) is 150 cm³/mol. The number of nitrogens with two attached hydrogens (primary N) is 1. The summed E-state index contributed by atoms with van der Waals surface area (Å²) in [5.41, 5.74) is 15.3. The maximum Gasteiger partial charge on any atom is 0.161 e. The first-order valence-electron chi connectivity index (χ1n) is 12.6. The number of nitriles is 1. The standard InChI is InChI=1S/C31H30N4OS/c1-20-14-23(19-37-18-22-8-4-3-5-9-22)21(2)25(15-20)29-26(16-32)31(33)35(24-10-7-13-34-17-24)27-11-6-12-28(36)30(27)29/h3-5,7-10,13-15,17,29H,6,11-12,18-19,33H2,1-2H3. The maximum absolute atomic E-state index is 13.5. The van der Waals surface area contributed by atoms with E-state index in [0.29, 0.717) is 23.4 Å². The van der Waals surface area contributed by atoms with Crippen LogP contribution in [0.5, 0.6) is 0 Å². The van der Waals surface area contributed by atoms with E-state index >= 15 is 0 Å². The second-order valence-electron chi connectivity index (χ2n) is 9.64. The van der Waals surface area contributed by atoms with Crippen molar-refractivity contribution in [3.05, 3.63) is 117 Å². The van der Waals surface area contributed by atoms with Gasteiger partial charge in [-0.25, -0.2) is 0 Å². The second-order valence-corrected chi connectivity index (χ2v) is 10.6. The number of Topliss-reactive ketones (excluding diaryl/α,β-unsaturated/α-hetero) is 1. The molecule has 5 nitrogen and oxygen atoms in total. The summed E-state index contributed by atoms with van der Waals surface area (Å²) in [5, 5.41) is 10.4. The Kier molecular flexibility index (Phi) is 7.16. The summed E-state index contributed by atoms with van der Waals surface area (Å²) in [6.07, 6.45) is 5.42. The van der Waals surface area contributed by atoms with Gasteiger partial charge in [-0.15, -0.1) is 0 Å². The first-order chi connectivity index (χ1) is 18.0. The topological polar surface area (TPSA) is 83.0 Å². The first kappa shape index (κ1) is 24.9. The minimum absolute atomic E-state index is 0.0984. The van der Waals surface area contributed by atoms with E-state index in [4.69, 9.17) is 5.73 Å². The lowest BCUT2D eigenvalue weighted by molar-refractivity contribution is -0.116. The lowest BCUT2D eigenvalue weighted by atomic mass is 9.74. The normalized spacial score (nSPS) is 17.6. The molecule has 0 fully saturated rings. The monoisotopic (exact) mass is 506 g/mol. The maximum atomic E-state index is 13.5. The molecule has 3 aromatic rings. The van der Waals surface area contributed by atoms with Crippen LogP contribution in [0.15, 0.2) is 89.7 Å². The molecular formula is C31H30N4OS. The van der Waals surface area contributed by atoms with Crippen LogP contribution < -0.4 is 10.6 Å². The highest BCUT2D eigenvalue weighted by Crippen LogP contribution is 2.47. The molecule has 1 aliphatic heterocycles. The zero-order chi connectivity index (χ0) is 25.9. The molecule has 5 rings (SSSR count). The van der Waals surface area contributed by atoms with Crippen LogP contribution in [0.3, 0.4) is 0 Å². The number of thioether (sulfide) groups is 1.